The van der Waals surface area contributed by atoms with Crippen molar-refractivity contribution in [2.75, 3.05) is 5.73 Å². The third-order valence-corrected chi connectivity index (χ3v) is 6.20. The summed E-state index contributed by atoms with van der Waals surface area (Å²) in [5.41, 5.74) is 12.0. The van der Waals surface area contributed by atoms with Crippen LogP contribution in [0.2, 0.25) is 0 Å². The molecular weight excluding hydrogens is 423 g/mol. The summed E-state index contributed by atoms with van der Waals surface area (Å²) < 4.78 is 42.0. The number of aromatic nitrogens is 5. The molecule has 0 saturated heterocycles. The number of nitrogens with two attached hydrogens (primary N) is 2. The first-order chi connectivity index (χ1) is 15.2. The van der Waals surface area contributed by atoms with Gasteiger partial charge in [-0.2, -0.15) is 18.3 Å². The highest BCUT2D eigenvalue weighted by Crippen LogP contribution is 2.40. The first-order valence-electron chi connectivity index (χ1n) is 10.2. The molecule has 0 radical (unpaired) electrons. The molecule has 0 aliphatic heterocycles. The normalized spacial score (nSPS) is 19.6. The number of carbonyl (C=O) groups excluding carboxylic acids is 1. The molecule has 5 rings (SSSR count). The maximum atomic E-state index is 13.5. The van der Waals surface area contributed by atoms with E-state index < -0.39 is 11.7 Å². The molecule has 3 heterocycles. The number of halogens is 3. The fraction of sp³-hybridized carbons (Fsp3) is 0.333. The molecule has 3 aromatic heterocycles. The van der Waals surface area contributed by atoms with Crippen LogP contribution in [0.1, 0.15) is 43.0 Å². The van der Waals surface area contributed by atoms with Crippen LogP contribution >= 0.6 is 0 Å². The Morgan fingerprint density at radius 1 is 1.19 bits per heavy atom. The lowest BCUT2D eigenvalue weighted by atomic mass is 9.81. The first-order valence-corrected chi connectivity index (χ1v) is 10.2. The van der Waals surface area contributed by atoms with Gasteiger partial charge in [-0.3, -0.25) is 4.79 Å². The molecule has 1 amide bonds. The summed E-state index contributed by atoms with van der Waals surface area (Å²) in [6, 6.07) is 5.63. The Balaban J connectivity index is 1.64. The fourth-order valence-corrected chi connectivity index (χ4v) is 4.59. The summed E-state index contributed by atoms with van der Waals surface area (Å²) in [6.45, 7) is 0. The Morgan fingerprint density at radius 2 is 1.94 bits per heavy atom. The van der Waals surface area contributed by atoms with E-state index in [1.807, 2.05) is 0 Å². The van der Waals surface area contributed by atoms with Gasteiger partial charge in [0.05, 0.1) is 16.8 Å². The molecule has 0 atom stereocenters. The van der Waals surface area contributed by atoms with Crippen molar-refractivity contribution in [3.63, 3.8) is 0 Å². The predicted octanol–water partition coefficient (Wildman–Crippen LogP) is 3.63. The molecule has 1 aliphatic carbocycles. The lowest BCUT2D eigenvalue weighted by Gasteiger charge is -2.25. The quantitative estimate of drug-likeness (QED) is 0.445. The monoisotopic (exact) mass is 443 g/mol. The van der Waals surface area contributed by atoms with E-state index in [1.165, 1.54) is 12.4 Å². The highest BCUT2D eigenvalue weighted by Gasteiger charge is 2.34. The van der Waals surface area contributed by atoms with E-state index in [9.17, 15) is 18.0 Å². The zero-order valence-electron chi connectivity index (χ0n) is 16.9. The summed E-state index contributed by atoms with van der Waals surface area (Å²) in [4.78, 5) is 23.2. The number of carbonyl (C=O) groups is 1. The third kappa shape index (κ3) is 3.24. The molecule has 0 bridgehead atoms. The largest absolute Gasteiger partial charge is 0.418 e. The van der Waals surface area contributed by atoms with Gasteiger partial charge in [0.15, 0.2) is 5.82 Å². The Morgan fingerprint density at radius 3 is 2.62 bits per heavy atom. The van der Waals surface area contributed by atoms with Gasteiger partial charge in [0.1, 0.15) is 23.4 Å². The van der Waals surface area contributed by atoms with Gasteiger partial charge in [0, 0.05) is 17.2 Å². The maximum Gasteiger partial charge on any atom is 0.418 e. The van der Waals surface area contributed by atoms with Gasteiger partial charge in [-0.1, -0.05) is 12.1 Å². The topological polar surface area (TPSA) is 128 Å². The van der Waals surface area contributed by atoms with Crippen LogP contribution in [0.4, 0.5) is 19.0 Å². The van der Waals surface area contributed by atoms with Crippen LogP contribution in [-0.2, 0) is 11.0 Å². The Labute approximate surface area is 179 Å². The minimum Gasteiger partial charge on any atom is -0.382 e. The van der Waals surface area contributed by atoms with Crippen LogP contribution in [0.3, 0.4) is 0 Å². The summed E-state index contributed by atoms with van der Waals surface area (Å²) in [7, 11) is 0. The zero-order chi connectivity index (χ0) is 22.6. The third-order valence-electron chi connectivity index (χ3n) is 6.20. The second kappa shape index (κ2) is 7.21. The van der Waals surface area contributed by atoms with Gasteiger partial charge < -0.3 is 16.5 Å². The van der Waals surface area contributed by atoms with Gasteiger partial charge in [-0.15, -0.1) is 0 Å². The standard InChI is InChI=1S/C21H20F3N7O/c22-21(23,24)13-3-1-2-12-8-14(29-15(12)13)16-17-18(25)27-9-28-31(17)20(30-16)11-6-4-10(5-7-11)19(26)32/h1-3,8-11,29H,4-7H2,(H2,26,32)(H2,25,27,28)/t10-,11-. The lowest BCUT2D eigenvalue weighted by molar-refractivity contribution is -0.136. The highest BCUT2D eigenvalue weighted by atomic mass is 19.4. The van der Waals surface area contributed by atoms with E-state index >= 15 is 0 Å². The van der Waals surface area contributed by atoms with Gasteiger partial charge in [-0.05, 0) is 37.8 Å². The van der Waals surface area contributed by atoms with E-state index in [1.54, 1.807) is 16.6 Å². The van der Waals surface area contributed by atoms with Gasteiger partial charge in [0.2, 0.25) is 5.91 Å². The van der Waals surface area contributed by atoms with Crippen LogP contribution in [0.5, 0.6) is 0 Å². The van der Waals surface area contributed by atoms with E-state index in [-0.39, 0.29) is 29.1 Å². The Kier molecular flexibility index (Phi) is 4.57. The molecular formula is C21H20F3N7O. The van der Waals surface area contributed by atoms with Crippen molar-refractivity contribution in [1.29, 1.82) is 0 Å². The van der Waals surface area contributed by atoms with Crippen molar-refractivity contribution >= 4 is 28.1 Å². The summed E-state index contributed by atoms with van der Waals surface area (Å²) in [6.07, 6.45) is -0.496. The summed E-state index contributed by atoms with van der Waals surface area (Å²) in [5.74, 6) is 0.362. The zero-order valence-corrected chi connectivity index (χ0v) is 16.9. The second-order valence-corrected chi connectivity index (χ2v) is 8.13. The highest BCUT2D eigenvalue weighted by molar-refractivity contribution is 5.92. The van der Waals surface area contributed by atoms with Crippen molar-refractivity contribution in [1.82, 2.24) is 24.6 Å². The number of nitrogens with one attached hydrogen (secondary N) is 1. The molecule has 11 heteroatoms. The number of nitrogen functional groups attached to an aromatic ring is 1. The SMILES string of the molecule is Nc1ncnn2c1c(-c1cc3cccc(C(F)(F)F)c3[nH]1)nc2[C@H]1CC[C@H](C(N)=O)CC1. The van der Waals surface area contributed by atoms with Crippen LogP contribution in [0, 0.1) is 5.92 Å². The van der Waals surface area contributed by atoms with E-state index in [0.717, 1.165) is 6.07 Å². The van der Waals surface area contributed by atoms with Crippen molar-refractivity contribution in [2.24, 2.45) is 11.7 Å². The van der Waals surface area contributed by atoms with Crippen molar-refractivity contribution in [3.8, 4) is 11.4 Å². The second-order valence-electron chi connectivity index (χ2n) is 8.13. The smallest absolute Gasteiger partial charge is 0.382 e. The maximum absolute atomic E-state index is 13.5. The number of anilines is 1. The summed E-state index contributed by atoms with van der Waals surface area (Å²) in [5, 5.41) is 4.72. The number of H-pyrrole nitrogens is 1. The molecule has 0 unspecified atom stereocenters. The number of benzene rings is 1. The number of primary amides is 1. The summed E-state index contributed by atoms with van der Waals surface area (Å²) >= 11 is 0. The number of alkyl halides is 3. The van der Waals surface area contributed by atoms with E-state index in [0.29, 0.717) is 53.8 Å². The number of fused-ring (bicyclic) bond motifs is 2. The molecule has 1 aliphatic rings. The molecule has 32 heavy (non-hydrogen) atoms. The number of imidazole rings is 1. The molecule has 1 saturated carbocycles. The van der Waals surface area contributed by atoms with Gasteiger partial charge >= 0.3 is 6.18 Å². The van der Waals surface area contributed by atoms with E-state index in [4.69, 9.17) is 16.5 Å². The number of amides is 1. The first kappa shape index (κ1) is 20.3. The van der Waals surface area contributed by atoms with Crippen molar-refractivity contribution < 1.29 is 18.0 Å². The van der Waals surface area contributed by atoms with Crippen LogP contribution in [0.25, 0.3) is 27.8 Å². The van der Waals surface area contributed by atoms with Crippen LogP contribution in [-0.4, -0.2) is 30.5 Å². The number of para-hydroxylation sites is 1. The number of nitrogens with zero attached hydrogens (tertiary/aromatic N) is 4. The average molecular weight is 443 g/mol. The molecule has 5 N–H and O–H groups in total. The molecule has 4 aromatic rings. The molecule has 1 aromatic carbocycles. The fourth-order valence-electron chi connectivity index (χ4n) is 4.59. The van der Waals surface area contributed by atoms with Crippen LogP contribution in [0.15, 0.2) is 30.6 Å². The van der Waals surface area contributed by atoms with Gasteiger partial charge in [0.25, 0.3) is 0 Å². The molecule has 0 spiro atoms. The molecule has 166 valence electrons. The number of aromatic amines is 1. The minimum atomic E-state index is -4.50. The van der Waals surface area contributed by atoms with Crippen LogP contribution < -0.4 is 11.5 Å². The number of hydrogen-bond donors (Lipinski definition) is 3. The Bertz CT molecular complexity index is 1330. The number of rotatable bonds is 3. The molecule has 8 nitrogen and oxygen atoms in total. The van der Waals surface area contributed by atoms with Crippen molar-refractivity contribution in [2.45, 2.75) is 37.8 Å². The molecule has 1 fully saturated rings. The van der Waals surface area contributed by atoms with Gasteiger partial charge in [-0.25, -0.2) is 14.5 Å². The Hall–Kier alpha value is -3.63. The predicted molar refractivity (Wildman–Crippen MR) is 111 cm³/mol. The lowest BCUT2D eigenvalue weighted by Crippen LogP contribution is -2.27. The van der Waals surface area contributed by atoms with Crippen molar-refractivity contribution in [3.05, 3.63) is 42.0 Å². The van der Waals surface area contributed by atoms with E-state index in [2.05, 4.69) is 15.1 Å². The average Bonchev–Trinajstić information content (AvgIpc) is 3.35. The minimum absolute atomic E-state index is 0.0104. The number of hydrogen-bond acceptors (Lipinski definition) is 5.